The maximum absolute atomic E-state index is 12.4. The first-order chi connectivity index (χ1) is 12.9. The molecule has 1 heterocycles. The van der Waals surface area contributed by atoms with Gasteiger partial charge in [-0.15, -0.1) is 0 Å². The van der Waals surface area contributed by atoms with Gasteiger partial charge in [-0.3, -0.25) is 14.9 Å². The lowest BCUT2D eigenvalue weighted by Crippen LogP contribution is -2.19. The van der Waals surface area contributed by atoms with Crippen LogP contribution in [0.4, 0.5) is 5.69 Å². The first-order valence-electron chi connectivity index (χ1n) is 8.57. The fraction of sp³-hybridized carbons (Fsp3) is 0.200. The first-order valence-corrected chi connectivity index (χ1v) is 8.57. The summed E-state index contributed by atoms with van der Waals surface area (Å²) in [7, 11) is 0. The highest BCUT2D eigenvalue weighted by Crippen LogP contribution is 2.29. The van der Waals surface area contributed by atoms with Crippen LogP contribution in [-0.4, -0.2) is 22.0 Å². The van der Waals surface area contributed by atoms with E-state index < -0.39 is 10.8 Å². The van der Waals surface area contributed by atoms with Gasteiger partial charge in [-0.1, -0.05) is 50.2 Å². The van der Waals surface area contributed by atoms with Crippen molar-refractivity contribution in [1.82, 2.24) is 10.4 Å². The van der Waals surface area contributed by atoms with Gasteiger partial charge in [0.1, 0.15) is 11.2 Å². The summed E-state index contributed by atoms with van der Waals surface area (Å²) in [4.78, 5) is 26.0. The summed E-state index contributed by atoms with van der Waals surface area (Å²) in [5.74, 6) is -0.00205. The molecule has 27 heavy (non-hydrogen) atoms. The molecule has 1 amide bonds. The molecule has 0 saturated heterocycles. The van der Waals surface area contributed by atoms with E-state index in [4.69, 9.17) is 0 Å². The number of nitrogens with zero attached hydrogens (tertiary/aromatic N) is 2. The number of benzene rings is 2. The number of fused-ring (bicyclic) bond motifs is 1. The van der Waals surface area contributed by atoms with E-state index >= 15 is 0 Å². The molecule has 2 N–H and O–H groups in total. The highest BCUT2D eigenvalue weighted by Gasteiger charge is 2.20. The highest BCUT2D eigenvalue weighted by molar-refractivity contribution is 6.03. The Morgan fingerprint density at radius 2 is 1.93 bits per heavy atom. The van der Waals surface area contributed by atoms with Gasteiger partial charge in [0.2, 0.25) is 0 Å². The molecule has 3 rings (SSSR count). The minimum absolute atomic E-state index is 0.0663. The molecule has 0 saturated carbocycles. The summed E-state index contributed by atoms with van der Waals surface area (Å²) in [6.07, 6.45) is 1.56. The van der Waals surface area contributed by atoms with E-state index in [0.717, 1.165) is 5.56 Å². The lowest BCUT2D eigenvalue weighted by atomic mass is 10.0. The smallest absolute Gasteiger partial charge is 0.293 e. The normalized spacial score (nSPS) is 11.4. The Morgan fingerprint density at radius 1 is 1.22 bits per heavy atom. The second kappa shape index (κ2) is 7.41. The predicted octanol–water partition coefficient (Wildman–Crippen LogP) is 4.27. The molecule has 3 aromatic rings. The van der Waals surface area contributed by atoms with E-state index in [0.29, 0.717) is 22.4 Å². The van der Waals surface area contributed by atoms with Crippen molar-refractivity contribution < 1.29 is 9.72 Å². The Labute approximate surface area is 156 Å². The molecule has 2 aromatic carbocycles. The largest absolute Gasteiger partial charge is 0.345 e. The van der Waals surface area contributed by atoms with Gasteiger partial charge in [0.15, 0.2) is 0 Å². The van der Waals surface area contributed by atoms with Crippen molar-refractivity contribution in [3.8, 4) is 0 Å². The SMILES string of the molecule is Cc1c(C(=O)NN=Cc2ccc(C(C)C)cc2)[nH]c2c([N+](=O)[O-])cccc12. The van der Waals surface area contributed by atoms with E-state index in [1.165, 1.54) is 11.6 Å². The number of nitro groups is 1. The van der Waals surface area contributed by atoms with Crippen LogP contribution in [-0.2, 0) is 0 Å². The van der Waals surface area contributed by atoms with Crippen molar-refractivity contribution in [3.63, 3.8) is 0 Å². The van der Waals surface area contributed by atoms with Gasteiger partial charge in [-0.05, 0) is 29.5 Å². The number of carbonyl (C=O) groups is 1. The summed E-state index contributed by atoms with van der Waals surface area (Å²) >= 11 is 0. The van der Waals surface area contributed by atoms with Gasteiger partial charge in [0, 0.05) is 11.5 Å². The molecular weight excluding hydrogens is 344 g/mol. The number of non-ortho nitro benzene ring substituents is 1. The van der Waals surface area contributed by atoms with Crippen LogP contribution in [0.3, 0.4) is 0 Å². The predicted molar refractivity (Wildman–Crippen MR) is 105 cm³/mol. The number of hydrogen-bond acceptors (Lipinski definition) is 4. The Balaban J connectivity index is 1.79. The number of para-hydroxylation sites is 1. The lowest BCUT2D eigenvalue weighted by Gasteiger charge is -2.04. The molecule has 0 bridgehead atoms. The van der Waals surface area contributed by atoms with Crippen LogP contribution >= 0.6 is 0 Å². The van der Waals surface area contributed by atoms with Crippen LogP contribution in [0.1, 0.15) is 46.9 Å². The molecule has 0 atom stereocenters. The van der Waals surface area contributed by atoms with Gasteiger partial charge in [-0.25, -0.2) is 5.43 Å². The monoisotopic (exact) mass is 364 g/mol. The maximum atomic E-state index is 12.4. The second-order valence-corrected chi connectivity index (χ2v) is 6.60. The summed E-state index contributed by atoms with van der Waals surface area (Å²) in [5.41, 5.74) is 5.72. The quantitative estimate of drug-likeness (QED) is 0.401. The molecule has 0 spiro atoms. The lowest BCUT2D eigenvalue weighted by molar-refractivity contribution is -0.383. The highest BCUT2D eigenvalue weighted by atomic mass is 16.6. The van der Waals surface area contributed by atoms with Crippen LogP contribution in [0.15, 0.2) is 47.6 Å². The average Bonchev–Trinajstić information content (AvgIpc) is 2.99. The van der Waals surface area contributed by atoms with Gasteiger partial charge in [0.05, 0.1) is 11.1 Å². The molecule has 0 radical (unpaired) electrons. The molecule has 0 aliphatic rings. The Kier molecular flexibility index (Phi) is 5.03. The van der Waals surface area contributed by atoms with Crippen LogP contribution in [0.5, 0.6) is 0 Å². The maximum Gasteiger partial charge on any atom is 0.293 e. The number of hydrogen-bond donors (Lipinski definition) is 2. The number of aromatic amines is 1. The molecule has 1 aromatic heterocycles. The number of carbonyl (C=O) groups excluding carboxylic acids is 1. The Morgan fingerprint density at radius 3 is 2.56 bits per heavy atom. The van der Waals surface area contributed by atoms with Crippen molar-refractivity contribution in [2.75, 3.05) is 0 Å². The van der Waals surface area contributed by atoms with Gasteiger partial charge < -0.3 is 4.98 Å². The van der Waals surface area contributed by atoms with Crippen molar-refractivity contribution in [2.24, 2.45) is 5.10 Å². The van der Waals surface area contributed by atoms with Crippen LogP contribution < -0.4 is 5.43 Å². The third-order valence-electron chi connectivity index (χ3n) is 4.48. The van der Waals surface area contributed by atoms with Crippen molar-refractivity contribution in [2.45, 2.75) is 26.7 Å². The zero-order chi connectivity index (χ0) is 19.6. The van der Waals surface area contributed by atoms with Gasteiger partial charge >= 0.3 is 0 Å². The molecule has 7 heteroatoms. The summed E-state index contributed by atoms with van der Waals surface area (Å²) in [5, 5.41) is 15.8. The average molecular weight is 364 g/mol. The minimum Gasteiger partial charge on any atom is -0.345 e. The van der Waals surface area contributed by atoms with E-state index in [1.807, 2.05) is 24.3 Å². The summed E-state index contributed by atoms with van der Waals surface area (Å²) in [6, 6.07) is 12.7. The van der Waals surface area contributed by atoms with Gasteiger partial charge in [0.25, 0.3) is 11.6 Å². The van der Waals surface area contributed by atoms with Crippen molar-refractivity contribution in [3.05, 3.63) is 75.0 Å². The molecule has 0 unspecified atom stereocenters. The molecular formula is C20H20N4O3. The van der Waals surface area contributed by atoms with Crippen molar-refractivity contribution >= 4 is 28.7 Å². The summed E-state index contributed by atoms with van der Waals surface area (Å²) < 4.78 is 0. The topological polar surface area (TPSA) is 100 Å². The van der Waals surface area contributed by atoms with Crippen LogP contribution in [0.2, 0.25) is 0 Å². The van der Waals surface area contributed by atoms with Gasteiger partial charge in [-0.2, -0.15) is 5.10 Å². The van der Waals surface area contributed by atoms with Crippen LogP contribution in [0, 0.1) is 17.0 Å². The number of aromatic nitrogens is 1. The number of amides is 1. The molecule has 0 aliphatic heterocycles. The second-order valence-electron chi connectivity index (χ2n) is 6.60. The third-order valence-corrected chi connectivity index (χ3v) is 4.48. The fourth-order valence-electron chi connectivity index (χ4n) is 2.90. The van der Waals surface area contributed by atoms with E-state index in [1.54, 1.807) is 25.3 Å². The zero-order valence-corrected chi connectivity index (χ0v) is 15.3. The summed E-state index contributed by atoms with van der Waals surface area (Å²) in [6.45, 7) is 5.98. The number of nitrogens with one attached hydrogen (secondary N) is 2. The molecule has 0 aliphatic carbocycles. The first kappa shape index (κ1) is 18.3. The van der Waals surface area contributed by atoms with Crippen molar-refractivity contribution in [1.29, 1.82) is 0 Å². The standard InChI is InChI=1S/C20H20N4O3/c1-12(2)15-9-7-14(8-10-15)11-21-23-20(25)18-13(3)16-5-4-6-17(24(26)27)19(16)22-18/h4-12,22H,1-3H3,(H,23,25). The van der Waals surface area contributed by atoms with E-state index in [9.17, 15) is 14.9 Å². The van der Waals surface area contributed by atoms with E-state index in [2.05, 4.69) is 29.4 Å². The number of hydrazone groups is 1. The zero-order valence-electron chi connectivity index (χ0n) is 15.3. The molecule has 0 fully saturated rings. The Hall–Kier alpha value is -3.48. The number of aryl methyl sites for hydroxylation is 1. The molecule has 7 nitrogen and oxygen atoms in total. The number of rotatable bonds is 5. The third kappa shape index (κ3) is 3.72. The minimum atomic E-state index is -0.473. The fourth-order valence-corrected chi connectivity index (χ4v) is 2.90. The molecule has 138 valence electrons. The number of nitro benzene ring substituents is 1. The van der Waals surface area contributed by atoms with E-state index in [-0.39, 0.29) is 11.4 Å². The Bertz CT molecular complexity index is 1030. The van der Waals surface area contributed by atoms with Crippen LogP contribution in [0.25, 0.3) is 10.9 Å². The number of H-pyrrole nitrogens is 1.